The second kappa shape index (κ2) is 6.46. The molecule has 0 saturated heterocycles. The SMILES string of the molecule is C[C@@H](N[C@@H]1CCc2ccccc21)C(=O)Nc1ccc(F)cc1F. The van der Waals surface area contributed by atoms with Crippen LogP contribution in [0.15, 0.2) is 42.5 Å². The van der Waals surface area contributed by atoms with E-state index in [4.69, 9.17) is 0 Å². The Hall–Kier alpha value is -2.27. The number of halogens is 2. The van der Waals surface area contributed by atoms with Gasteiger partial charge in [-0.3, -0.25) is 10.1 Å². The van der Waals surface area contributed by atoms with Gasteiger partial charge in [-0.1, -0.05) is 24.3 Å². The van der Waals surface area contributed by atoms with Gasteiger partial charge in [0.15, 0.2) is 0 Å². The summed E-state index contributed by atoms with van der Waals surface area (Å²) in [7, 11) is 0. The molecule has 0 aromatic heterocycles. The van der Waals surface area contributed by atoms with Gasteiger partial charge in [-0.25, -0.2) is 8.78 Å². The van der Waals surface area contributed by atoms with Crippen molar-refractivity contribution in [2.75, 3.05) is 5.32 Å². The Morgan fingerprint density at radius 2 is 2.00 bits per heavy atom. The Morgan fingerprint density at radius 3 is 2.78 bits per heavy atom. The minimum Gasteiger partial charge on any atom is -0.322 e. The molecular formula is C18H18F2N2O. The van der Waals surface area contributed by atoms with Crippen molar-refractivity contribution < 1.29 is 13.6 Å². The number of fused-ring (bicyclic) bond motifs is 1. The molecule has 1 aliphatic rings. The van der Waals surface area contributed by atoms with Crippen LogP contribution < -0.4 is 10.6 Å². The number of hydrogen-bond donors (Lipinski definition) is 2. The first-order valence-electron chi connectivity index (χ1n) is 7.64. The molecule has 3 rings (SSSR count). The number of amides is 1. The van der Waals surface area contributed by atoms with Crippen molar-refractivity contribution in [3.8, 4) is 0 Å². The summed E-state index contributed by atoms with van der Waals surface area (Å²) >= 11 is 0. The molecule has 1 aliphatic carbocycles. The predicted octanol–water partition coefficient (Wildman–Crippen LogP) is 3.57. The average molecular weight is 316 g/mol. The zero-order valence-electron chi connectivity index (χ0n) is 12.8. The first-order chi connectivity index (χ1) is 11.0. The van der Waals surface area contributed by atoms with E-state index in [1.807, 2.05) is 12.1 Å². The van der Waals surface area contributed by atoms with E-state index in [0.29, 0.717) is 0 Å². The normalized spacial score (nSPS) is 17.6. The van der Waals surface area contributed by atoms with E-state index < -0.39 is 17.7 Å². The Morgan fingerprint density at radius 1 is 1.22 bits per heavy atom. The maximum atomic E-state index is 13.6. The molecule has 0 bridgehead atoms. The Labute approximate surface area is 133 Å². The smallest absolute Gasteiger partial charge is 0.241 e. The molecule has 3 nitrogen and oxygen atoms in total. The monoisotopic (exact) mass is 316 g/mol. The van der Waals surface area contributed by atoms with Crippen molar-refractivity contribution >= 4 is 11.6 Å². The zero-order valence-corrected chi connectivity index (χ0v) is 12.8. The first kappa shape index (κ1) is 15.6. The third-order valence-electron chi connectivity index (χ3n) is 4.17. The Kier molecular flexibility index (Phi) is 4.39. The van der Waals surface area contributed by atoms with Crippen LogP contribution >= 0.6 is 0 Å². The number of benzene rings is 2. The maximum absolute atomic E-state index is 13.6. The first-order valence-corrected chi connectivity index (χ1v) is 7.64. The summed E-state index contributed by atoms with van der Waals surface area (Å²) in [5.41, 5.74) is 2.49. The summed E-state index contributed by atoms with van der Waals surface area (Å²) in [6.45, 7) is 1.73. The lowest BCUT2D eigenvalue weighted by Crippen LogP contribution is -2.39. The Bertz CT molecular complexity index is 733. The largest absolute Gasteiger partial charge is 0.322 e. The summed E-state index contributed by atoms with van der Waals surface area (Å²) < 4.78 is 26.5. The highest BCUT2D eigenvalue weighted by Gasteiger charge is 2.25. The van der Waals surface area contributed by atoms with Crippen LogP contribution in [0.1, 0.15) is 30.5 Å². The summed E-state index contributed by atoms with van der Waals surface area (Å²) in [5.74, 6) is -1.80. The van der Waals surface area contributed by atoms with Crippen molar-refractivity contribution in [2.45, 2.75) is 31.8 Å². The molecule has 2 atom stereocenters. The molecule has 0 saturated carbocycles. The van der Waals surface area contributed by atoms with Gasteiger partial charge in [0, 0.05) is 12.1 Å². The minimum atomic E-state index is -0.781. The van der Waals surface area contributed by atoms with Crippen LogP contribution in [0.4, 0.5) is 14.5 Å². The van der Waals surface area contributed by atoms with Crippen LogP contribution in [0.2, 0.25) is 0 Å². The highest BCUT2D eigenvalue weighted by atomic mass is 19.1. The molecule has 2 aromatic rings. The van der Waals surface area contributed by atoms with Crippen LogP contribution in [0, 0.1) is 11.6 Å². The number of carbonyl (C=O) groups excluding carboxylic acids is 1. The lowest BCUT2D eigenvalue weighted by molar-refractivity contribution is -0.118. The van der Waals surface area contributed by atoms with E-state index in [2.05, 4.69) is 22.8 Å². The van der Waals surface area contributed by atoms with Crippen molar-refractivity contribution in [2.24, 2.45) is 0 Å². The molecule has 0 unspecified atom stereocenters. The van der Waals surface area contributed by atoms with Crippen molar-refractivity contribution in [3.63, 3.8) is 0 Å². The van der Waals surface area contributed by atoms with Gasteiger partial charge in [-0.2, -0.15) is 0 Å². The van der Waals surface area contributed by atoms with Gasteiger partial charge in [0.2, 0.25) is 5.91 Å². The Balaban J connectivity index is 1.64. The summed E-state index contributed by atoms with van der Waals surface area (Å²) in [6.07, 6.45) is 1.91. The summed E-state index contributed by atoms with van der Waals surface area (Å²) in [5, 5.41) is 5.77. The van der Waals surface area contributed by atoms with E-state index in [1.54, 1.807) is 6.92 Å². The van der Waals surface area contributed by atoms with Crippen LogP contribution in [0.3, 0.4) is 0 Å². The standard InChI is InChI=1S/C18H18F2N2O/c1-11(18(23)22-17-9-7-13(19)10-15(17)20)21-16-8-6-12-4-2-3-5-14(12)16/h2-5,7,9-11,16,21H,6,8H2,1H3,(H,22,23)/t11-,16-/m1/s1. The highest BCUT2D eigenvalue weighted by Crippen LogP contribution is 2.31. The van der Waals surface area contributed by atoms with Gasteiger partial charge in [0.05, 0.1) is 11.7 Å². The van der Waals surface area contributed by atoms with Crippen molar-refractivity contribution in [1.82, 2.24) is 5.32 Å². The molecule has 0 spiro atoms. The predicted molar refractivity (Wildman–Crippen MR) is 85.1 cm³/mol. The van der Waals surface area contributed by atoms with Gasteiger partial charge in [0.1, 0.15) is 11.6 Å². The molecule has 120 valence electrons. The molecule has 0 radical (unpaired) electrons. The number of anilines is 1. The van der Waals surface area contributed by atoms with Gasteiger partial charge >= 0.3 is 0 Å². The van der Waals surface area contributed by atoms with E-state index in [0.717, 1.165) is 25.0 Å². The molecule has 0 fully saturated rings. The van der Waals surface area contributed by atoms with E-state index >= 15 is 0 Å². The molecule has 2 aromatic carbocycles. The lowest BCUT2D eigenvalue weighted by Gasteiger charge is -2.20. The fraction of sp³-hybridized carbons (Fsp3) is 0.278. The lowest BCUT2D eigenvalue weighted by atomic mass is 10.1. The third-order valence-corrected chi connectivity index (χ3v) is 4.17. The number of aryl methyl sites for hydroxylation is 1. The number of carbonyl (C=O) groups is 1. The summed E-state index contributed by atoms with van der Waals surface area (Å²) in [6, 6.07) is 10.9. The molecule has 2 N–H and O–H groups in total. The quantitative estimate of drug-likeness (QED) is 0.905. The summed E-state index contributed by atoms with van der Waals surface area (Å²) in [4.78, 5) is 12.2. The number of rotatable bonds is 4. The molecular weight excluding hydrogens is 298 g/mol. The molecule has 1 amide bonds. The molecule has 5 heteroatoms. The van der Waals surface area contributed by atoms with E-state index in [-0.39, 0.29) is 17.6 Å². The third kappa shape index (κ3) is 3.40. The number of hydrogen-bond acceptors (Lipinski definition) is 2. The van der Waals surface area contributed by atoms with Crippen LogP contribution in [-0.4, -0.2) is 11.9 Å². The molecule has 0 heterocycles. The van der Waals surface area contributed by atoms with Crippen LogP contribution in [0.25, 0.3) is 0 Å². The zero-order chi connectivity index (χ0) is 16.4. The maximum Gasteiger partial charge on any atom is 0.241 e. The fourth-order valence-electron chi connectivity index (χ4n) is 2.94. The molecule has 23 heavy (non-hydrogen) atoms. The van der Waals surface area contributed by atoms with Gasteiger partial charge in [0.25, 0.3) is 0 Å². The second-order valence-corrected chi connectivity index (χ2v) is 5.79. The van der Waals surface area contributed by atoms with Crippen LogP contribution in [0.5, 0.6) is 0 Å². The highest BCUT2D eigenvalue weighted by molar-refractivity contribution is 5.94. The van der Waals surface area contributed by atoms with E-state index in [1.165, 1.54) is 17.2 Å². The van der Waals surface area contributed by atoms with Gasteiger partial charge in [-0.05, 0) is 43.0 Å². The van der Waals surface area contributed by atoms with Crippen molar-refractivity contribution in [3.05, 3.63) is 65.2 Å². The minimum absolute atomic E-state index is 0.0168. The van der Waals surface area contributed by atoms with Crippen molar-refractivity contribution in [1.29, 1.82) is 0 Å². The number of nitrogens with one attached hydrogen (secondary N) is 2. The second-order valence-electron chi connectivity index (χ2n) is 5.79. The van der Waals surface area contributed by atoms with Gasteiger partial charge in [-0.15, -0.1) is 0 Å². The molecule has 0 aliphatic heterocycles. The average Bonchev–Trinajstić information content (AvgIpc) is 2.93. The topological polar surface area (TPSA) is 41.1 Å². The fourth-order valence-corrected chi connectivity index (χ4v) is 2.94. The van der Waals surface area contributed by atoms with Gasteiger partial charge < -0.3 is 5.32 Å². The van der Waals surface area contributed by atoms with Crippen LogP contribution in [-0.2, 0) is 11.2 Å². The van der Waals surface area contributed by atoms with E-state index in [9.17, 15) is 13.6 Å².